The van der Waals surface area contributed by atoms with Gasteiger partial charge in [-0.1, -0.05) is 34.1 Å². The topological polar surface area (TPSA) is 88.4 Å². The number of halogens is 2. The summed E-state index contributed by atoms with van der Waals surface area (Å²) in [6, 6.07) is 22.1. The highest BCUT2D eigenvalue weighted by atomic mass is 79.9. The third-order valence-electron chi connectivity index (χ3n) is 4.56. The highest BCUT2D eigenvalue weighted by molar-refractivity contribution is 9.10. The molecule has 0 spiro atoms. The molecule has 2 N–H and O–H groups in total. The van der Waals surface area contributed by atoms with Crippen molar-refractivity contribution in [1.29, 1.82) is 0 Å². The number of nitrogens with one attached hydrogen (secondary N) is 2. The Kier molecular flexibility index (Phi) is 6.70. The molecule has 0 atom stereocenters. The number of hydrazone groups is 1. The van der Waals surface area contributed by atoms with Crippen LogP contribution in [0.25, 0.3) is 16.9 Å². The fourth-order valence-corrected chi connectivity index (χ4v) is 3.22. The van der Waals surface area contributed by atoms with Crippen molar-refractivity contribution in [3.05, 3.63) is 101 Å². The summed E-state index contributed by atoms with van der Waals surface area (Å²) in [6.07, 6.45) is 3.11. The average molecular weight is 506 g/mol. The van der Waals surface area contributed by atoms with E-state index < -0.39 is 11.8 Å². The molecule has 0 fully saturated rings. The molecule has 0 saturated heterocycles. The first-order valence-corrected chi connectivity index (χ1v) is 10.6. The van der Waals surface area contributed by atoms with E-state index in [-0.39, 0.29) is 5.82 Å². The van der Waals surface area contributed by atoms with Crippen molar-refractivity contribution in [2.24, 2.45) is 5.10 Å². The van der Waals surface area contributed by atoms with Gasteiger partial charge < -0.3 is 5.32 Å². The molecule has 0 aliphatic rings. The highest BCUT2D eigenvalue weighted by Gasteiger charge is 2.14. The molecule has 0 radical (unpaired) electrons. The van der Waals surface area contributed by atoms with E-state index in [9.17, 15) is 14.0 Å². The molecule has 0 saturated carbocycles. The number of anilines is 1. The van der Waals surface area contributed by atoms with Crippen LogP contribution in [0.3, 0.4) is 0 Å². The van der Waals surface area contributed by atoms with Crippen molar-refractivity contribution in [2.45, 2.75) is 0 Å². The second-order valence-corrected chi connectivity index (χ2v) is 7.80. The molecule has 2 amide bonds. The lowest BCUT2D eigenvalue weighted by Gasteiger charge is -2.03. The van der Waals surface area contributed by atoms with Gasteiger partial charge in [0.1, 0.15) is 11.5 Å². The number of carbonyl (C=O) groups excluding carboxylic acids is 2. The first kappa shape index (κ1) is 22.1. The van der Waals surface area contributed by atoms with E-state index in [1.807, 2.05) is 30.3 Å². The molecule has 1 heterocycles. The minimum atomic E-state index is -0.923. The Morgan fingerprint density at radius 3 is 2.33 bits per heavy atom. The molecular weight excluding hydrogens is 489 g/mol. The van der Waals surface area contributed by atoms with Crippen LogP contribution in [0, 0.1) is 5.82 Å². The van der Waals surface area contributed by atoms with Crippen LogP contribution >= 0.6 is 15.9 Å². The molecule has 4 rings (SSSR count). The maximum Gasteiger partial charge on any atom is 0.329 e. The summed E-state index contributed by atoms with van der Waals surface area (Å²) < 4.78 is 15.9. The molecule has 0 aliphatic heterocycles. The van der Waals surface area contributed by atoms with E-state index in [4.69, 9.17) is 0 Å². The number of nitrogens with zero attached hydrogens (tertiary/aromatic N) is 3. The van der Waals surface area contributed by atoms with Crippen LogP contribution in [0.1, 0.15) is 5.56 Å². The Labute approximate surface area is 197 Å². The van der Waals surface area contributed by atoms with Gasteiger partial charge in [0.25, 0.3) is 0 Å². The summed E-state index contributed by atoms with van der Waals surface area (Å²) >= 11 is 3.30. The maximum absolute atomic E-state index is 13.4. The lowest BCUT2D eigenvalue weighted by Crippen LogP contribution is -2.32. The van der Waals surface area contributed by atoms with E-state index in [1.54, 1.807) is 47.3 Å². The second-order valence-electron chi connectivity index (χ2n) is 6.88. The fraction of sp³-hybridized carbons (Fsp3) is 0. The van der Waals surface area contributed by atoms with Crippen molar-refractivity contribution in [1.82, 2.24) is 15.2 Å². The summed E-state index contributed by atoms with van der Waals surface area (Å²) in [5, 5.41) is 11.0. The smallest absolute Gasteiger partial charge is 0.318 e. The number of benzene rings is 3. The first-order valence-electron chi connectivity index (χ1n) is 9.80. The third kappa shape index (κ3) is 5.58. The van der Waals surface area contributed by atoms with Gasteiger partial charge in [0.2, 0.25) is 0 Å². The number of carbonyl (C=O) groups is 2. The van der Waals surface area contributed by atoms with Gasteiger partial charge in [-0.3, -0.25) is 9.59 Å². The zero-order valence-corrected chi connectivity index (χ0v) is 18.7. The van der Waals surface area contributed by atoms with Crippen molar-refractivity contribution in [3.8, 4) is 16.9 Å². The summed E-state index contributed by atoms with van der Waals surface area (Å²) in [6.45, 7) is 0. The van der Waals surface area contributed by atoms with E-state index in [1.165, 1.54) is 18.3 Å². The minimum absolute atomic E-state index is 0.361. The molecule has 7 nitrogen and oxygen atoms in total. The quantitative estimate of drug-likeness (QED) is 0.237. The Morgan fingerprint density at radius 1 is 0.939 bits per heavy atom. The fourth-order valence-electron chi connectivity index (χ4n) is 2.96. The molecule has 4 aromatic rings. The molecule has 3 aromatic carbocycles. The van der Waals surface area contributed by atoms with E-state index in [0.29, 0.717) is 22.5 Å². The summed E-state index contributed by atoms with van der Waals surface area (Å²) in [7, 11) is 0. The van der Waals surface area contributed by atoms with Gasteiger partial charge in [0, 0.05) is 27.5 Å². The monoisotopic (exact) mass is 505 g/mol. The first-order chi connectivity index (χ1) is 16.0. The van der Waals surface area contributed by atoms with Gasteiger partial charge >= 0.3 is 11.8 Å². The number of hydrogen-bond donors (Lipinski definition) is 2. The van der Waals surface area contributed by atoms with Crippen molar-refractivity contribution >= 4 is 39.6 Å². The largest absolute Gasteiger partial charge is 0.329 e. The van der Waals surface area contributed by atoms with E-state index in [2.05, 4.69) is 36.9 Å². The summed E-state index contributed by atoms with van der Waals surface area (Å²) in [5.41, 5.74) is 5.29. The Bertz CT molecular complexity index is 1300. The third-order valence-corrected chi connectivity index (χ3v) is 5.09. The van der Waals surface area contributed by atoms with Crippen molar-refractivity contribution < 1.29 is 14.0 Å². The molecule has 1 aromatic heterocycles. The molecule has 0 aliphatic carbocycles. The number of para-hydroxylation sites is 1. The van der Waals surface area contributed by atoms with Gasteiger partial charge in [-0.25, -0.2) is 14.5 Å². The van der Waals surface area contributed by atoms with Gasteiger partial charge in [-0.05, 0) is 60.7 Å². The summed E-state index contributed by atoms with van der Waals surface area (Å²) in [4.78, 5) is 24.2. The number of amides is 2. The SMILES string of the molecule is O=C(N/N=C\c1cn(-c2ccccc2)nc1-c1ccc(F)cc1)C(=O)Nc1ccc(Br)cc1. The molecule has 0 unspecified atom stereocenters. The van der Waals surface area contributed by atoms with Crippen LogP contribution in [-0.2, 0) is 9.59 Å². The Hall–Kier alpha value is -4.11. The van der Waals surface area contributed by atoms with Gasteiger partial charge in [0.05, 0.1) is 11.9 Å². The standard InChI is InChI=1S/C24H17BrFN5O2/c25-18-8-12-20(13-9-18)28-23(32)24(33)29-27-14-17-15-31(21-4-2-1-3-5-21)30-22(17)16-6-10-19(26)11-7-16/h1-15H,(H,28,32)(H,29,33)/b27-14-. The van der Waals surface area contributed by atoms with Crippen LogP contribution in [0.2, 0.25) is 0 Å². The molecule has 0 bridgehead atoms. The zero-order valence-electron chi connectivity index (χ0n) is 17.1. The lowest BCUT2D eigenvalue weighted by molar-refractivity contribution is -0.136. The zero-order chi connectivity index (χ0) is 23.2. The minimum Gasteiger partial charge on any atom is -0.318 e. The van der Waals surface area contributed by atoms with E-state index in [0.717, 1.165) is 10.2 Å². The summed E-state index contributed by atoms with van der Waals surface area (Å²) in [5.74, 6) is -2.14. The van der Waals surface area contributed by atoms with Crippen LogP contribution < -0.4 is 10.7 Å². The van der Waals surface area contributed by atoms with Crippen molar-refractivity contribution in [3.63, 3.8) is 0 Å². The maximum atomic E-state index is 13.4. The predicted molar refractivity (Wildman–Crippen MR) is 127 cm³/mol. The van der Waals surface area contributed by atoms with Crippen LogP contribution in [-0.4, -0.2) is 27.8 Å². The normalized spacial score (nSPS) is 10.8. The average Bonchev–Trinajstić information content (AvgIpc) is 3.25. The highest BCUT2D eigenvalue weighted by Crippen LogP contribution is 2.23. The van der Waals surface area contributed by atoms with Crippen LogP contribution in [0.5, 0.6) is 0 Å². The van der Waals surface area contributed by atoms with Gasteiger partial charge in [0.15, 0.2) is 0 Å². The number of aromatic nitrogens is 2. The molecular formula is C24H17BrFN5O2. The Morgan fingerprint density at radius 2 is 1.64 bits per heavy atom. The number of rotatable bonds is 5. The predicted octanol–water partition coefficient (Wildman–Crippen LogP) is 4.53. The van der Waals surface area contributed by atoms with Crippen LogP contribution in [0.15, 0.2) is 94.6 Å². The molecule has 33 heavy (non-hydrogen) atoms. The molecule has 9 heteroatoms. The Balaban J connectivity index is 1.52. The van der Waals surface area contributed by atoms with Gasteiger partial charge in [-0.2, -0.15) is 10.2 Å². The number of hydrogen-bond acceptors (Lipinski definition) is 4. The van der Waals surface area contributed by atoms with Crippen LogP contribution in [0.4, 0.5) is 10.1 Å². The second kappa shape index (κ2) is 10.0. The van der Waals surface area contributed by atoms with E-state index >= 15 is 0 Å². The van der Waals surface area contributed by atoms with Crippen molar-refractivity contribution in [2.75, 3.05) is 5.32 Å². The van der Waals surface area contributed by atoms with Gasteiger partial charge in [-0.15, -0.1) is 0 Å². The lowest BCUT2D eigenvalue weighted by atomic mass is 10.1. The molecule has 164 valence electrons.